The topological polar surface area (TPSA) is 198 Å². The molecule has 2 N–H and O–H groups in total. The van der Waals surface area contributed by atoms with Gasteiger partial charge >= 0.3 is 29.8 Å². The third kappa shape index (κ3) is 5.44. The fourth-order valence-electron chi connectivity index (χ4n) is 8.86. The number of aliphatic hydroxyl groups excluding tert-OH is 1. The molecule has 1 aromatic carbocycles. The van der Waals surface area contributed by atoms with Gasteiger partial charge in [0, 0.05) is 57.8 Å². The highest BCUT2D eigenvalue weighted by Crippen LogP contribution is 2.67. The van der Waals surface area contributed by atoms with Crippen molar-refractivity contribution in [2.45, 2.75) is 96.1 Å². The van der Waals surface area contributed by atoms with Crippen molar-refractivity contribution in [2.75, 3.05) is 13.2 Å². The Morgan fingerprint density at radius 1 is 0.898 bits per heavy atom. The van der Waals surface area contributed by atoms with Crippen molar-refractivity contribution < 1.29 is 67.4 Å². The number of ether oxygens (including phenoxy) is 6. The van der Waals surface area contributed by atoms with Crippen LogP contribution >= 0.6 is 0 Å². The first-order valence-electron chi connectivity index (χ1n) is 16.0. The number of Topliss-reactive ketones (excluding diaryl/α,β-unsaturated/α-hetero) is 1. The molecule has 4 aliphatic rings. The van der Waals surface area contributed by atoms with Gasteiger partial charge in [0.2, 0.25) is 0 Å². The summed E-state index contributed by atoms with van der Waals surface area (Å²) in [6.07, 6.45) is -8.88. The number of benzene rings is 1. The van der Waals surface area contributed by atoms with Crippen LogP contribution in [0.5, 0.6) is 0 Å². The smallest absolute Gasteiger partial charge is 0.338 e. The van der Waals surface area contributed by atoms with Crippen molar-refractivity contribution in [2.24, 2.45) is 22.7 Å². The zero-order chi connectivity index (χ0) is 36.3. The Hall–Kier alpha value is -4.14. The van der Waals surface area contributed by atoms with Crippen LogP contribution in [0, 0.1) is 22.7 Å². The van der Waals surface area contributed by atoms with Crippen molar-refractivity contribution in [3.05, 3.63) is 48.0 Å². The molecule has 0 aromatic heterocycles. The summed E-state index contributed by atoms with van der Waals surface area (Å²) in [6, 6.07) is 7.88. The van der Waals surface area contributed by atoms with E-state index in [0.717, 1.165) is 27.7 Å². The first-order chi connectivity index (χ1) is 22.8. The molecule has 0 radical (unpaired) electrons. The first-order valence-corrected chi connectivity index (χ1v) is 16.0. The standard InChI is InChI=1S/C35H42O14/c1-17-24(40)14-26(46-18(2)36)34(16-44-31(42)22-11-9-8-10-12-22)27(17)28(47-19(3)37)23-13-25(41)33(7)35(43,32(23,6)15-45-33)30(49-21(5)39)29(34)48-20(4)38/h8-12,23-24,26-30,40,43H,1,13-16H2,2-7H3/t23-,24-,26?,27-,28+,29-,30-,32-,33-,34+,35+/m0/s1. The Kier molecular flexibility index (Phi) is 9.32. The summed E-state index contributed by atoms with van der Waals surface area (Å²) < 4.78 is 35.8. The van der Waals surface area contributed by atoms with E-state index in [2.05, 4.69) is 6.58 Å². The van der Waals surface area contributed by atoms with Crippen LogP contribution < -0.4 is 0 Å². The van der Waals surface area contributed by atoms with Gasteiger partial charge < -0.3 is 38.6 Å². The second-order valence-corrected chi connectivity index (χ2v) is 13.8. The van der Waals surface area contributed by atoms with E-state index in [-0.39, 0.29) is 30.6 Å². The predicted octanol–water partition coefficient (Wildman–Crippen LogP) is 1.62. The Morgan fingerprint density at radius 3 is 2.04 bits per heavy atom. The molecule has 4 bridgehead atoms. The van der Waals surface area contributed by atoms with Crippen LogP contribution in [0.4, 0.5) is 0 Å². The quantitative estimate of drug-likeness (QED) is 0.238. The number of hydrogen-bond acceptors (Lipinski definition) is 14. The molecule has 3 saturated carbocycles. The maximum atomic E-state index is 14.1. The van der Waals surface area contributed by atoms with E-state index < -0.39 is 107 Å². The third-order valence-corrected chi connectivity index (χ3v) is 11.1. The minimum Gasteiger partial charge on any atom is -0.462 e. The molecule has 5 rings (SSSR count). The van der Waals surface area contributed by atoms with E-state index in [9.17, 15) is 39.0 Å². The number of carbonyl (C=O) groups excluding carboxylic acids is 6. The number of ketones is 1. The van der Waals surface area contributed by atoms with Gasteiger partial charge in [-0.1, -0.05) is 31.7 Å². The van der Waals surface area contributed by atoms with Gasteiger partial charge in [-0.15, -0.1) is 0 Å². The van der Waals surface area contributed by atoms with Crippen molar-refractivity contribution in [1.82, 2.24) is 0 Å². The van der Waals surface area contributed by atoms with E-state index in [1.54, 1.807) is 25.1 Å². The fraction of sp³-hybridized carbons (Fsp3) is 0.600. The number of rotatable bonds is 7. The molecule has 3 aliphatic carbocycles. The first kappa shape index (κ1) is 36.1. The lowest BCUT2D eigenvalue weighted by Crippen LogP contribution is -2.81. The molecule has 1 aromatic rings. The number of carbonyl (C=O) groups is 6. The molecule has 11 atom stereocenters. The van der Waals surface area contributed by atoms with Crippen LogP contribution in [0.15, 0.2) is 42.5 Å². The van der Waals surface area contributed by atoms with Crippen LogP contribution in [0.1, 0.15) is 64.7 Å². The number of hydrogen-bond donors (Lipinski definition) is 2. The zero-order valence-electron chi connectivity index (χ0n) is 28.3. The van der Waals surface area contributed by atoms with Gasteiger partial charge in [0.1, 0.15) is 24.4 Å². The van der Waals surface area contributed by atoms with Gasteiger partial charge in [0.05, 0.1) is 23.7 Å². The largest absolute Gasteiger partial charge is 0.462 e. The number of esters is 5. The van der Waals surface area contributed by atoms with E-state index >= 15 is 0 Å². The molecule has 0 spiro atoms. The maximum Gasteiger partial charge on any atom is 0.338 e. The van der Waals surface area contributed by atoms with Crippen LogP contribution in [0.2, 0.25) is 0 Å². The highest BCUT2D eigenvalue weighted by molar-refractivity contribution is 5.91. The van der Waals surface area contributed by atoms with Crippen molar-refractivity contribution in [3.8, 4) is 0 Å². The van der Waals surface area contributed by atoms with Gasteiger partial charge in [-0.3, -0.25) is 24.0 Å². The lowest BCUT2D eigenvalue weighted by molar-refractivity contribution is -0.302. The highest BCUT2D eigenvalue weighted by Gasteiger charge is 2.83. The SMILES string of the molecule is C=C1[C@@H](O)CC(OC(C)=O)[C@@]2(COC(=O)c3ccccc3)[C@@H](OC(C)=O)[C@H](OC(C)=O)[C@]3(O)[C@@]4(C)OC[C@@]3(C)[C@@H](CC4=O)[C@@H](OC(C)=O)[C@H]12. The summed E-state index contributed by atoms with van der Waals surface area (Å²) in [4.78, 5) is 79.4. The molecule has 1 unspecified atom stereocenters. The van der Waals surface area contributed by atoms with E-state index in [0.29, 0.717) is 0 Å². The fourth-order valence-corrected chi connectivity index (χ4v) is 8.86. The summed E-state index contributed by atoms with van der Waals surface area (Å²) >= 11 is 0. The predicted molar refractivity (Wildman–Crippen MR) is 165 cm³/mol. The normalized spacial score (nSPS) is 39.4. The van der Waals surface area contributed by atoms with Crippen LogP contribution in [0.3, 0.4) is 0 Å². The van der Waals surface area contributed by atoms with Gasteiger partial charge in [0.15, 0.2) is 23.6 Å². The van der Waals surface area contributed by atoms with Crippen LogP contribution in [-0.2, 0) is 52.4 Å². The third-order valence-electron chi connectivity index (χ3n) is 11.1. The van der Waals surface area contributed by atoms with Crippen molar-refractivity contribution in [1.29, 1.82) is 0 Å². The van der Waals surface area contributed by atoms with Gasteiger partial charge in [-0.05, 0) is 24.6 Å². The van der Waals surface area contributed by atoms with Crippen molar-refractivity contribution in [3.63, 3.8) is 0 Å². The lowest BCUT2D eigenvalue weighted by Gasteiger charge is -2.65. The van der Waals surface area contributed by atoms with Crippen LogP contribution in [-0.4, -0.2) is 101 Å². The van der Waals surface area contributed by atoms with E-state index in [1.165, 1.54) is 19.1 Å². The Morgan fingerprint density at radius 2 is 1.47 bits per heavy atom. The molecule has 0 amide bonds. The summed E-state index contributed by atoms with van der Waals surface area (Å²) in [5.74, 6) is -7.53. The molecular formula is C35H42O14. The molecule has 14 heteroatoms. The summed E-state index contributed by atoms with van der Waals surface area (Å²) in [5, 5.41) is 24.6. The second kappa shape index (κ2) is 12.6. The number of aliphatic hydroxyl groups is 2. The van der Waals surface area contributed by atoms with Crippen molar-refractivity contribution >= 4 is 35.6 Å². The molecule has 14 nitrogen and oxygen atoms in total. The molecule has 266 valence electrons. The molecule has 1 aliphatic heterocycles. The minimum atomic E-state index is -2.48. The Bertz CT molecular complexity index is 1570. The average Bonchev–Trinajstić information content (AvgIpc) is 3.16. The highest BCUT2D eigenvalue weighted by atomic mass is 16.6. The molecule has 1 heterocycles. The van der Waals surface area contributed by atoms with E-state index in [4.69, 9.17) is 28.4 Å². The average molecular weight is 687 g/mol. The van der Waals surface area contributed by atoms with Crippen LogP contribution in [0.25, 0.3) is 0 Å². The number of fused-ring (bicyclic) bond motifs is 1. The molecular weight excluding hydrogens is 644 g/mol. The minimum absolute atomic E-state index is 0.0119. The molecule has 4 fully saturated rings. The summed E-state index contributed by atoms with van der Waals surface area (Å²) in [7, 11) is 0. The summed E-state index contributed by atoms with van der Waals surface area (Å²) in [5.41, 5.74) is -8.00. The molecule has 1 saturated heterocycles. The summed E-state index contributed by atoms with van der Waals surface area (Å²) in [6.45, 7) is 10.4. The van der Waals surface area contributed by atoms with Gasteiger partial charge in [-0.2, -0.15) is 0 Å². The Balaban J connectivity index is 1.91. The Labute approximate surface area is 283 Å². The molecule has 49 heavy (non-hydrogen) atoms. The monoisotopic (exact) mass is 686 g/mol. The second-order valence-electron chi connectivity index (χ2n) is 13.8. The lowest BCUT2D eigenvalue weighted by atomic mass is 9.43. The van der Waals surface area contributed by atoms with E-state index in [1.807, 2.05) is 0 Å². The maximum absolute atomic E-state index is 14.1. The zero-order valence-corrected chi connectivity index (χ0v) is 28.3. The van der Waals surface area contributed by atoms with Gasteiger partial charge in [-0.25, -0.2) is 4.79 Å². The van der Waals surface area contributed by atoms with Gasteiger partial charge in [0.25, 0.3) is 0 Å².